The van der Waals surface area contributed by atoms with Crippen LogP contribution in [-0.4, -0.2) is 58.7 Å². The summed E-state index contributed by atoms with van der Waals surface area (Å²) in [5, 5.41) is 5.43. The molecule has 1 aromatic rings. The molecule has 2 aliphatic rings. The number of carbonyl (C=O) groups is 3. The molecule has 2 N–H and O–H groups in total. The summed E-state index contributed by atoms with van der Waals surface area (Å²) in [6.07, 6.45) is 4.57. The number of oxazole rings is 1. The second-order valence-corrected chi connectivity index (χ2v) is 8.64. The van der Waals surface area contributed by atoms with Crippen LogP contribution in [0, 0.1) is 5.92 Å². The molecule has 0 radical (unpaired) electrons. The number of ether oxygens (including phenoxy) is 2. The minimum absolute atomic E-state index is 0.0119. The first-order valence-corrected chi connectivity index (χ1v) is 11.1. The van der Waals surface area contributed by atoms with Gasteiger partial charge in [0.15, 0.2) is 11.2 Å². The summed E-state index contributed by atoms with van der Waals surface area (Å²) in [6.45, 7) is 5.23. The molecule has 0 saturated carbocycles. The molecular formula is C21H28N4O6S. The number of hydrogen-bond acceptors (Lipinski definition) is 9. The molecule has 11 heteroatoms. The summed E-state index contributed by atoms with van der Waals surface area (Å²) in [6, 6.07) is -0.922. The third-order valence-electron chi connectivity index (χ3n) is 5.04. The quantitative estimate of drug-likeness (QED) is 0.346. The van der Waals surface area contributed by atoms with Gasteiger partial charge in [0.2, 0.25) is 17.7 Å². The lowest BCUT2D eigenvalue weighted by molar-refractivity contribution is -0.153. The van der Waals surface area contributed by atoms with E-state index in [4.69, 9.17) is 13.9 Å². The average molecular weight is 465 g/mol. The van der Waals surface area contributed by atoms with Gasteiger partial charge in [0, 0.05) is 0 Å². The monoisotopic (exact) mass is 464 g/mol. The molecule has 10 nitrogen and oxygen atoms in total. The van der Waals surface area contributed by atoms with E-state index in [-0.39, 0.29) is 43.2 Å². The molecule has 2 amide bonds. The van der Waals surface area contributed by atoms with Gasteiger partial charge in [-0.3, -0.25) is 9.59 Å². The van der Waals surface area contributed by atoms with Crippen LogP contribution < -0.4 is 10.6 Å². The van der Waals surface area contributed by atoms with Gasteiger partial charge in [-0.25, -0.2) is 14.8 Å². The normalized spacial score (nSPS) is 27.0. The zero-order chi connectivity index (χ0) is 23.3. The lowest BCUT2D eigenvalue weighted by atomic mass is 10.00. The maximum atomic E-state index is 13.0. The molecule has 174 valence electrons. The van der Waals surface area contributed by atoms with Crippen LogP contribution in [-0.2, 0) is 30.4 Å². The number of thiol groups is 1. The molecule has 3 atom stereocenters. The number of allylic oxidation sites excluding steroid dienone is 1. The van der Waals surface area contributed by atoms with Crippen molar-refractivity contribution in [3.05, 3.63) is 30.0 Å². The Hall–Kier alpha value is -2.82. The number of carbonyl (C=O) groups excluding carboxylic acids is 3. The fourth-order valence-corrected chi connectivity index (χ4v) is 3.30. The van der Waals surface area contributed by atoms with Gasteiger partial charge in [0.25, 0.3) is 5.91 Å². The molecular weight excluding hydrogens is 436 g/mol. The van der Waals surface area contributed by atoms with Crippen molar-refractivity contribution >= 4 is 36.3 Å². The largest absolute Gasteiger partial charge is 0.473 e. The summed E-state index contributed by atoms with van der Waals surface area (Å²) in [4.78, 5) is 47.0. The molecule has 3 unspecified atom stereocenters. The molecule has 4 bridgehead atoms. The molecule has 0 aliphatic carbocycles. The second kappa shape index (κ2) is 10.2. The third-order valence-corrected chi connectivity index (χ3v) is 5.30. The van der Waals surface area contributed by atoms with Crippen molar-refractivity contribution in [2.75, 3.05) is 12.4 Å². The number of cyclic esters (lactones) is 1. The number of hydrogen-bond donors (Lipinski definition) is 3. The van der Waals surface area contributed by atoms with Crippen LogP contribution in [0.15, 0.2) is 27.8 Å². The Labute approximate surface area is 191 Å². The first-order valence-electron chi connectivity index (χ1n) is 10.4. The van der Waals surface area contributed by atoms with Gasteiger partial charge < -0.3 is 24.5 Å². The van der Waals surface area contributed by atoms with Gasteiger partial charge in [0.05, 0.1) is 13.0 Å². The van der Waals surface area contributed by atoms with Gasteiger partial charge in [-0.1, -0.05) is 19.9 Å². The van der Waals surface area contributed by atoms with E-state index < -0.39 is 29.6 Å². The highest BCUT2D eigenvalue weighted by Gasteiger charge is 2.43. The van der Waals surface area contributed by atoms with Crippen molar-refractivity contribution in [1.29, 1.82) is 0 Å². The Bertz CT molecular complexity index is 927. The van der Waals surface area contributed by atoms with Crippen LogP contribution in [0.5, 0.6) is 0 Å². The van der Waals surface area contributed by atoms with Crippen molar-refractivity contribution in [3.63, 3.8) is 0 Å². The molecule has 32 heavy (non-hydrogen) atoms. The number of rotatable bonds is 4. The lowest BCUT2D eigenvalue weighted by Crippen LogP contribution is -2.53. The summed E-state index contributed by atoms with van der Waals surface area (Å²) in [5.74, 6) is -0.678. The summed E-state index contributed by atoms with van der Waals surface area (Å²) in [7, 11) is 0. The van der Waals surface area contributed by atoms with E-state index >= 15 is 0 Å². The maximum Gasteiger partial charge on any atom is 0.329 e. The molecule has 1 aromatic heterocycles. The summed E-state index contributed by atoms with van der Waals surface area (Å²) < 4.78 is 16.6. The van der Waals surface area contributed by atoms with E-state index in [2.05, 4.69) is 33.2 Å². The summed E-state index contributed by atoms with van der Waals surface area (Å²) >= 11 is 4.16. The highest BCUT2D eigenvalue weighted by atomic mass is 32.1. The zero-order valence-electron chi connectivity index (χ0n) is 18.3. The average Bonchev–Trinajstić information content (AvgIpc) is 3.37. The van der Waals surface area contributed by atoms with Crippen LogP contribution in [0.1, 0.15) is 45.2 Å². The number of nitrogens with one attached hydrogen (secondary N) is 2. The molecule has 2 aliphatic heterocycles. The number of aliphatic imine (C=N–C) groups is 1. The molecule has 0 saturated heterocycles. The first-order chi connectivity index (χ1) is 15.2. The number of aromatic nitrogens is 1. The Morgan fingerprint density at radius 3 is 2.84 bits per heavy atom. The number of esters is 1. The van der Waals surface area contributed by atoms with Crippen LogP contribution in [0.3, 0.4) is 0 Å². The fraction of sp³-hybridized carbons (Fsp3) is 0.571. The minimum atomic E-state index is -1.24. The zero-order valence-corrected chi connectivity index (χ0v) is 19.2. The molecule has 3 heterocycles. The number of nitrogens with zero attached hydrogens (tertiary/aromatic N) is 2. The first kappa shape index (κ1) is 23.8. The van der Waals surface area contributed by atoms with E-state index in [9.17, 15) is 14.4 Å². The molecule has 0 fully saturated rings. The molecule has 0 spiro atoms. The van der Waals surface area contributed by atoms with Gasteiger partial charge in [0.1, 0.15) is 25.0 Å². The van der Waals surface area contributed by atoms with Crippen molar-refractivity contribution in [2.45, 2.75) is 57.8 Å². The predicted octanol–water partition coefficient (Wildman–Crippen LogP) is 1.16. The second-order valence-electron chi connectivity index (χ2n) is 8.20. The van der Waals surface area contributed by atoms with Crippen molar-refractivity contribution in [3.8, 4) is 0 Å². The topological polar surface area (TPSA) is 132 Å². The van der Waals surface area contributed by atoms with E-state index in [1.54, 1.807) is 32.9 Å². The third kappa shape index (κ3) is 5.70. The van der Waals surface area contributed by atoms with Crippen LogP contribution in [0.25, 0.3) is 0 Å². The summed E-state index contributed by atoms with van der Waals surface area (Å²) in [5.41, 5.74) is -0.913. The maximum absolute atomic E-state index is 13.0. The lowest BCUT2D eigenvalue weighted by Gasteiger charge is -2.26. The predicted molar refractivity (Wildman–Crippen MR) is 118 cm³/mol. The van der Waals surface area contributed by atoms with E-state index in [0.29, 0.717) is 17.9 Å². The number of fused-ring (bicyclic) bond motifs is 4. The minimum Gasteiger partial charge on any atom is -0.473 e. The van der Waals surface area contributed by atoms with Crippen molar-refractivity contribution < 1.29 is 28.3 Å². The van der Waals surface area contributed by atoms with Gasteiger partial charge >= 0.3 is 5.97 Å². The Balaban J connectivity index is 1.92. The van der Waals surface area contributed by atoms with Crippen LogP contribution in [0.4, 0.5) is 0 Å². The van der Waals surface area contributed by atoms with E-state index in [1.165, 1.54) is 6.26 Å². The smallest absolute Gasteiger partial charge is 0.329 e. The molecule has 0 aromatic carbocycles. The molecule has 3 rings (SSSR count). The van der Waals surface area contributed by atoms with Crippen molar-refractivity contribution in [1.82, 2.24) is 15.6 Å². The Kier molecular flexibility index (Phi) is 7.60. The fourth-order valence-electron chi connectivity index (χ4n) is 3.15. The Morgan fingerprint density at radius 1 is 1.34 bits per heavy atom. The Morgan fingerprint density at radius 2 is 2.12 bits per heavy atom. The highest BCUT2D eigenvalue weighted by molar-refractivity contribution is 7.80. The van der Waals surface area contributed by atoms with E-state index in [0.717, 1.165) is 0 Å². The van der Waals surface area contributed by atoms with Gasteiger partial charge in [-0.05, 0) is 31.1 Å². The highest BCUT2D eigenvalue weighted by Crippen LogP contribution is 2.23. The van der Waals surface area contributed by atoms with E-state index in [1.807, 2.05) is 0 Å². The van der Waals surface area contributed by atoms with Gasteiger partial charge in [-0.15, -0.1) is 0 Å². The van der Waals surface area contributed by atoms with Crippen molar-refractivity contribution in [2.24, 2.45) is 10.9 Å². The van der Waals surface area contributed by atoms with Crippen LogP contribution >= 0.6 is 12.6 Å². The standard InChI is InChI=1S/C21H28N4O6S/c1-12(2)17-19(27)31-13(6-4-5-7-32)8-15(26)22-9-16-23-14(10-29-16)18-25-21(3,11-30-18)20(28)24-17/h4,6,10,12-13,17,32H,5,7-9,11H2,1-3H3,(H,22,26)(H,24,28)/b6-4+. The van der Waals surface area contributed by atoms with Gasteiger partial charge in [-0.2, -0.15) is 12.6 Å². The van der Waals surface area contributed by atoms with Crippen LogP contribution in [0.2, 0.25) is 0 Å². The SMILES string of the molecule is CC(C)C1NC(=O)C2(C)COC(=N2)c2coc(n2)CNC(=O)CC(/C=C/CCS)OC1=O. The number of amides is 2.